The van der Waals surface area contributed by atoms with Crippen LogP contribution in [-0.4, -0.2) is 44.6 Å². The number of hydrogen-bond donors (Lipinski definition) is 3. The van der Waals surface area contributed by atoms with E-state index in [-0.39, 0.29) is 16.5 Å². The van der Waals surface area contributed by atoms with Crippen LogP contribution in [0, 0.1) is 5.92 Å². The summed E-state index contributed by atoms with van der Waals surface area (Å²) < 4.78 is 10.3. The van der Waals surface area contributed by atoms with Gasteiger partial charge in [0.2, 0.25) is 16.9 Å². The predicted molar refractivity (Wildman–Crippen MR) is 85.1 cm³/mol. The van der Waals surface area contributed by atoms with Crippen molar-refractivity contribution in [2.75, 3.05) is 0 Å². The summed E-state index contributed by atoms with van der Waals surface area (Å²) in [6.07, 6.45) is -2.48. The second-order valence-electron chi connectivity index (χ2n) is 5.43. The van der Waals surface area contributed by atoms with Crippen LogP contribution in [0.2, 0.25) is 0 Å². The molecule has 3 rings (SSSR count). The van der Waals surface area contributed by atoms with Gasteiger partial charge in [-0.2, -0.15) is 0 Å². The first-order valence-electron chi connectivity index (χ1n) is 7.20. The summed E-state index contributed by atoms with van der Waals surface area (Å²) in [5, 5.41) is 18.2. The molecule has 0 unspecified atom stereocenters. The molecule has 0 aliphatic carbocycles. The molecule has 1 fully saturated rings. The van der Waals surface area contributed by atoms with Crippen LogP contribution in [-0.2, 0) is 9.53 Å². The first kappa shape index (κ1) is 17.1. The number of nitrogens with zero attached hydrogens (tertiary/aromatic N) is 1. The Kier molecular flexibility index (Phi) is 4.31. The van der Waals surface area contributed by atoms with E-state index in [4.69, 9.17) is 20.3 Å². The molecule has 1 saturated heterocycles. The number of fused-ring (bicyclic) bond motifs is 1. The number of primary amides is 1. The van der Waals surface area contributed by atoms with Crippen LogP contribution in [0.3, 0.4) is 0 Å². The molecular formula is C15H14N2O7S. The minimum absolute atomic E-state index is 0.0794. The van der Waals surface area contributed by atoms with Gasteiger partial charge in [0.1, 0.15) is 11.1 Å². The third-order valence-electron chi connectivity index (χ3n) is 3.76. The van der Waals surface area contributed by atoms with Gasteiger partial charge in [0.05, 0.1) is 12.0 Å². The van der Waals surface area contributed by atoms with E-state index in [1.165, 1.54) is 31.2 Å². The number of aliphatic hydroxyl groups is 1. The van der Waals surface area contributed by atoms with Crippen molar-refractivity contribution in [2.24, 2.45) is 11.7 Å². The van der Waals surface area contributed by atoms with Crippen LogP contribution in [0.1, 0.15) is 17.3 Å². The zero-order chi connectivity index (χ0) is 18.3. The average Bonchev–Trinajstić information content (AvgIpc) is 2.80. The fraction of sp³-hybridized carbons (Fsp3) is 0.267. The summed E-state index contributed by atoms with van der Waals surface area (Å²) in [6, 6.07) is 5.87. The van der Waals surface area contributed by atoms with Gasteiger partial charge in [-0.1, -0.05) is 11.8 Å². The number of aliphatic hydroxyl groups excluding tert-OH is 1. The predicted octanol–water partition coefficient (Wildman–Crippen LogP) is 0.898. The Morgan fingerprint density at radius 2 is 1.96 bits per heavy atom. The van der Waals surface area contributed by atoms with E-state index in [1.807, 2.05) is 0 Å². The van der Waals surface area contributed by atoms with E-state index in [9.17, 15) is 19.5 Å². The molecule has 2 aliphatic heterocycles. The largest absolute Gasteiger partial charge is 0.512 e. The molecule has 2 heterocycles. The number of β-lactam (4-membered cyclic amide) rings is 1. The minimum atomic E-state index is -1.59. The minimum Gasteiger partial charge on any atom is -0.449 e. The van der Waals surface area contributed by atoms with Crippen molar-refractivity contribution in [1.82, 2.24) is 4.90 Å². The number of carboxylic acid groups (broad SMARTS) is 1. The first-order chi connectivity index (χ1) is 11.8. The summed E-state index contributed by atoms with van der Waals surface area (Å²) in [6.45, 7) is 1.49. The summed E-state index contributed by atoms with van der Waals surface area (Å²) in [4.78, 5) is 35.3. The van der Waals surface area contributed by atoms with Crippen LogP contribution in [0.25, 0.3) is 0 Å². The molecule has 0 bridgehead atoms. The summed E-state index contributed by atoms with van der Waals surface area (Å²) >= 11 is 1.08. The van der Waals surface area contributed by atoms with E-state index in [0.29, 0.717) is 5.75 Å². The molecule has 0 radical (unpaired) electrons. The normalized spacial score (nSPS) is 23.0. The molecule has 3 atom stereocenters. The third kappa shape index (κ3) is 3.01. The number of hydrogen-bond acceptors (Lipinski definition) is 7. The van der Waals surface area contributed by atoms with Gasteiger partial charge in [-0.15, -0.1) is 0 Å². The highest BCUT2D eigenvalue weighted by atomic mass is 32.2. The Labute approximate surface area is 146 Å². The lowest BCUT2D eigenvalue weighted by molar-refractivity contribution is -0.155. The molecule has 4 N–H and O–H groups in total. The van der Waals surface area contributed by atoms with Crippen LogP contribution in [0.15, 0.2) is 35.2 Å². The fourth-order valence-corrected chi connectivity index (χ4v) is 3.97. The van der Waals surface area contributed by atoms with E-state index in [1.54, 1.807) is 0 Å². The van der Waals surface area contributed by atoms with Crippen molar-refractivity contribution in [3.63, 3.8) is 0 Å². The van der Waals surface area contributed by atoms with Crippen molar-refractivity contribution in [1.29, 1.82) is 0 Å². The van der Waals surface area contributed by atoms with Crippen LogP contribution in [0.5, 0.6) is 5.75 Å². The van der Waals surface area contributed by atoms with Gasteiger partial charge in [-0.3, -0.25) is 14.5 Å². The lowest BCUT2D eigenvalue weighted by Gasteiger charge is -2.42. The maximum Gasteiger partial charge on any atom is 0.512 e. The number of amides is 2. The highest BCUT2D eigenvalue weighted by molar-refractivity contribution is 8.03. The van der Waals surface area contributed by atoms with Gasteiger partial charge in [0.15, 0.2) is 0 Å². The monoisotopic (exact) mass is 366 g/mol. The number of nitrogens with two attached hydrogens (primary N) is 1. The molecule has 2 aliphatic rings. The quantitative estimate of drug-likeness (QED) is 0.516. The second kappa shape index (κ2) is 6.30. The molecule has 2 amide bonds. The number of rotatable bonds is 5. The summed E-state index contributed by atoms with van der Waals surface area (Å²) in [5.74, 6) is -1.63. The van der Waals surface area contributed by atoms with Gasteiger partial charge in [-0.05, 0) is 31.2 Å². The average molecular weight is 366 g/mol. The van der Waals surface area contributed by atoms with Gasteiger partial charge in [0, 0.05) is 5.56 Å². The van der Waals surface area contributed by atoms with E-state index in [0.717, 1.165) is 16.7 Å². The Morgan fingerprint density at radius 3 is 2.48 bits per heavy atom. The van der Waals surface area contributed by atoms with Gasteiger partial charge < -0.3 is 25.4 Å². The molecule has 0 saturated carbocycles. The van der Waals surface area contributed by atoms with Crippen LogP contribution >= 0.6 is 11.8 Å². The van der Waals surface area contributed by atoms with Crippen molar-refractivity contribution < 1.29 is 34.1 Å². The lowest BCUT2D eigenvalue weighted by atomic mass is 9.93. The van der Waals surface area contributed by atoms with Crippen LogP contribution < -0.4 is 10.5 Å². The number of thioether (sulfide) groups is 1. The van der Waals surface area contributed by atoms with Crippen molar-refractivity contribution in [2.45, 2.75) is 18.4 Å². The van der Waals surface area contributed by atoms with E-state index in [2.05, 4.69) is 0 Å². The first-order valence-corrected chi connectivity index (χ1v) is 8.08. The van der Waals surface area contributed by atoms with Crippen LogP contribution in [0.4, 0.5) is 4.79 Å². The topological polar surface area (TPSA) is 139 Å². The third-order valence-corrected chi connectivity index (χ3v) is 4.98. The number of ether oxygens (including phenoxy) is 2. The van der Waals surface area contributed by atoms with Crippen molar-refractivity contribution in [3.8, 4) is 5.75 Å². The maximum atomic E-state index is 12.1. The standard InChI is InChI=1S/C15H14N2O7S/c1-6(18)9-11(20)17-12(24-15(21)22)14(25-13(9)17)23-8-4-2-7(3-5-8)10(16)19/h2-6,9,13,18H,1H3,(H2,16,19)(H,21,22)/t6-,9+,13-/m1/s1. The van der Waals surface area contributed by atoms with Crippen molar-refractivity contribution in [3.05, 3.63) is 40.8 Å². The summed E-state index contributed by atoms with van der Waals surface area (Å²) in [5.41, 5.74) is 5.45. The maximum absolute atomic E-state index is 12.1. The number of carbonyl (C=O) groups excluding carboxylic acids is 2. The molecule has 0 aromatic heterocycles. The van der Waals surface area contributed by atoms with E-state index < -0.39 is 35.4 Å². The molecular weight excluding hydrogens is 352 g/mol. The molecule has 1 aromatic carbocycles. The Balaban J connectivity index is 1.85. The molecule has 132 valence electrons. The highest BCUT2D eigenvalue weighted by Gasteiger charge is 2.58. The molecule has 1 aromatic rings. The fourth-order valence-electron chi connectivity index (χ4n) is 2.57. The Hall–Kier alpha value is -2.72. The molecule has 9 nitrogen and oxygen atoms in total. The zero-order valence-electron chi connectivity index (χ0n) is 12.9. The lowest BCUT2D eigenvalue weighted by Crippen LogP contribution is -2.60. The summed E-state index contributed by atoms with van der Waals surface area (Å²) in [7, 11) is 0. The molecule has 25 heavy (non-hydrogen) atoms. The van der Waals surface area contributed by atoms with Gasteiger partial charge >= 0.3 is 6.16 Å². The number of carbonyl (C=O) groups is 3. The smallest absolute Gasteiger partial charge is 0.449 e. The Morgan fingerprint density at radius 1 is 1.32 bits per heavy atom. The van der Waals surface area contributed by atoms with E-state index >= 15 is 0 Å². The molecule has 10 heteroatoms. The Bertz CT molecular complexity index is 775. The number of benzene rings is 1. The van der Waals surface area contributed by atoms with Gasteiger partial charge in [-0.25, -0.2) is 4.79 Å². The second-order valence-corrected chi connectivity index (χ2v) is 6.52. The zero-order valence-corrected chi connectivity index (χ0v) is 13.7. The highest BCUT2D eigenvalue weighted by Crippen LogP contribution is 2.50. The van der Waals surface area contributed by atoms with Crippen molar-refractivity contribution >= 4 is 29.7 Å². The van der Waals surface area contributed by atoms with Gasteiger partial charge in [0.25, 0.3) is 5.88 Å². The SMILES string of the molecule is C[C@@H](O)[C@H]1C(=O)N2C(OC(=O)O)=C(Oc3ccc(C(N)=O)cc3)S[C@H]12. The molecule has 0 spiro atoms.